The summed E-state index contributed by atoms with van der Waals surface area (Å²) < 4.78 is 56.0. The fraction of sp³-hybridized carbons (Fsp3) is 0.692. The van der Waals surface area contributed by atoms with Crippen LogP contribution in [0.15, 0.2) is 29.9 Å². The van der Waals surface area contributed by atoms with Crippen LogP contribution < -0.4 is 0 Å². The molecule has 2 aliphatic heterocycles. The molecule has 0 bridgehead atoms. The normalized spacial score (nSPS) is 25.2. The van der Waals surface area contributed by atoms with E-state index in [1.54, 1.807) is 0 Å². The molecule has 3 rings (SSSR count). The van der Waals surface area contributed by atoms with E-state index in [1.807, 2.05) is 53.7 Å². The van der Waals surface area contributed by atoms with Gasteiger partial charge in [-0.25, -0.2) is 0 Å². The summed E-state index contributed by atoms with van der Waals surface area (Å²) in [6, 6.07) is 3.99. The summed E-state index contributed by atoms with van der Waals surface area (Å²) in [7, 11) is -4.07. The molecule has 1 aromatic rings. The second-order valence-electron chi connectivity index (χ2n) is 10.5. The van der Waals surface area contributed by atoms with Crippen molar-refractivity contribution < 1.29 is 31.5 Å². The number of ether oxygens (including phenoxy) is 4. The maximum atomic E-state index is 13.6. The molecule has 4 atom stereocenters. The van der Waals surface area contributed by atoms with E-state index in [1.165, 1.54) is 6.26 Å². The van der Waals surface area contributed by atoms with E-state index in [-0.39, 0.29) is 35.4 Å². The monoisotopic (exact) mass is 496 g/mol. The lowest BCUT2D eigenvalue weighted by atomic mass is 9.89. The van der Waals surface area contributed by atoms with Gasteiger partial charge in [-0.2, -0.15) is 8.42 Å². The van der Waals surface area contributed by atoms with Crippen molar-refractivity contribution in [1.82, 2.24) is 0 Å². The van der Waals surface area contributed by atoms with E-state index >= 15 is 0 Å². The Morgan fingerprint density at radius 2 is 1.65 bits per heavy atom. The van der Waals surface area contributed by atoms with Gasteiger partial charge >= 0.3 is 0 Å². The lowest BCUT2D eigenvalue weighted by Gasteiger charge is -2.26. The first-order valence-corrected chi connectivity index (χ1v) is 13.5. The molecule has 1 aromatic carbocycles. The highest BCUT2D eigenvalue weighted by atomic mass is 32.2. The van der Waals surface area contributed by atoms with E-state index in [4.69, 9.17) is 23.1 Å². The minimum atomic E-state index is -4.07. The highest BCUT2D eigenvalue weighted by Crippen LogP contribution is 2.39. The molecule has 2 aliphatic rings. The molecule has 0 spiro atoms. The molecule has 192 valence electrons. The Kier molecular flexibility index (Phi) is 8.20. The first-order valence-electron chi connectivity index (χ1n) is 12.1. The zero-order valence-electron chi connectivity index (χ0n) is 21.7. The summed E-state index contributed by atoms with van der Waals surface area (Å²) >= 11 is 0. The predicted octanol–water partition coefficient (Wildman–Crippen LogP) is 5.56. The van der Waals surface area contributed by atoms with E-state index in [9.17, 15) is 8.42 Å². The van der Waals surface area contributed by atoms with Crippen LogP contribution in [0.25, 0.3) is 0 Å². The third kappa shape index (κ3) is 5.85. The Hall–Kier alpha value is -1.45. The Morgan fingerprint density at radius 1 is 1.06 bits per heavy atom. The molecule has 0 aromatic heterocycles. The fourth-order valence-corrected chi connectivity index (χ4v) is 6.12. The van der Waals surface area contributed by atoms with Crippen LogP contribution in [-0.2, 0) is 33.2 Å². The lowest BCUT2D eigenvalue weighted by Crippen LogP contribution is -2.35. The SMILES string of the molecule is C=CO[C@H](COS(=O)(=O)c1c(C(C)C)cc(C(C)C)cc1C(C)C)[C@@H]1C[C@H]2OC(C)(C)O[C@H]2O1. The van der Waals surface area contributed by atoms with Crippen molar-refractivity contribution in [2.24, 2.45) is 0 Å². The van der Waals surface area contributed by atoms with Crippen molar-refractivity contribution in [2.45, 2.75) is 115 Å². The molecular formula is C26H40O7S. The van der Waals surface area contributed by atoms with E-state index in [0.717, 1.165) is 16.7 Å². The minimum absolute atomic E-state index is 0.0139. The molecule has 2 fully saturated rings. The summed E-state index contributed by atoms with van der Waals surface area (Å²) in [6.45, 7) is 19.3. The summed E-state index contributed by atoms with van der Waals surface area (Å²) in [4.78, 5) is 0.261. The first kappa shape index (κ1) is 27.1. The Balaban J connectivity index is 1.85. The molecular weight excluding hydrogens is 456 g/mol. The molecule has 8 heteroatoms. The topological polar surface area (TPSA) is 80.3 Å². The number of hydrogen-bond acceptors (Lipinski definition) is 7. The maximum Gasteiger partial charge on any atom is 0.297 e. The van der Waals surface area contributed by atoms with Crippen LogP contribution in [0.2, 0.25) is 0 Å². The second-order valence-corrected chi connectivity index (χ2v) is 12.1. The van der Waals surface area contributed by atoms with Crippen molar-refractivity contribution in [3.05, 3.63) is 41.7 Å². The number of fused-ring (bicyclic) bond motifs is 1. The first-order chi connectivity index (χ1) is 15.8. The van der Waals surface area contributed by atoms with Gasteiger partial charge in [-0.3, -0.25) is 4.18 Å². The van der Waals surface area contributed by atoms with Crippen LogP contribution in [0, 0.1) is 0 Å². The highest BCUT2D eigenvalue weighted by molar-refractivity contribution is 7.86. The van der Waals surface area contributed by atoms with Gasteiger partial charge < -0.3 is 18.9 Å². The van der Waals surface area contributed by atoms with Gasteiger partial charge in [0.25, 0.3) is 10.1 Å². The van der Waals surface area contributed by atoms with Crippen LogP contribution >= 0.6 is 0 Å². The van der Waals surface area contributed by atoms with Crippen molar-refractivity contribution in [3.63, 3.8) is 0 Å². The van der Waals surface area contributed by atoms with Crippen molar-refractivity contribution in [2.75, 3.05) is 6.61 Å². The van der Waals surface area contributed by atoms with Crippen LogP contribution in [-0.4, -0.2) is 45.4 Å². The molecule has 0 aliphatic carbocycles. The summed E-state index contributed by atoms with van der Waals surface area (Å²) in [5.41, 5.74) is 2.66. The Morgan fingerprint density at radius 3 is 2.12 bits per heavy atom. The molecule has 7 nitrogen and oxygen atoms in total. The zero-order chi connectivity index (χ0) is 25.4. The van der Waals surface area contributed by atoms with Gasteiger partial charge in [0.2, 0.25) is 0 Å². The number of benzene rings is 1. The lowest BCUT2D eigenvalue weighted by molar-refractivity contribution is -0.215. The molecule has 0 saturated carbocycles. The fourth-order valence-electron chi connectivity index (χ4n) is 4.53. The Labute approximate surface area is 204 Å². The molecule has 0 unspecified atom stereocenters. The Bertz CT molecular complexity index is 936. The van der Waals surface area contributed by atoms with Gasteiger partial charge in [-0.15, -0.1) is 0 Å². The van der Waals surface area contributed by atoms with Gasteiger partial charge in [0.15, 0.2) is 12.1 Å². The van der Waals surface area contributed by atoms with E-state index in [2.05, 4.69) is 20.4 Å². The van der Waals surface area contributed by atoms with Crippen molar-refractivity contribution in [1.29, 1.82) is 0 Å². The molecule has 0 radical (unpaired) electrons. The van der Waals surface area contributed by atoms with Crippen LogP contribution in [0.3, 0.4) is 0 Å². The zero-order valence-corrected chi connectivity index (χ0v) is 22.5. The summed E-state index contributed by atoms with van der Waals surface area (Å²) in [5, 5.41) is 0. The smallest absolute Gasteiger partial charge is 0.297 e. The van der Waals surface area contributed by atoms with Crippen molar-refractivity contribution in [3.8, 4) is 0 Å². The summed E-state index contributed by atoms with van der Waals surface area (Å²) in [5.74, 6) is -0.399. The number of rotatable bonds is 10. The average Bonchev–Trinajstić information content (AvgIpc) is 3.23. The molecule has 2 heterocycles. The minimum Gasteiger partial charge on any atom is -0.493 e. The molecule has 0 N–H and O–H groups in total. The van der Waals surface area contributed by atoms with Crippen LogP contribution in [0.4, 0.5) is 0 Å². The van der Waals surface area contributed by atoms with E-state index in [0.29, 0.717) is 6.42 Å². The predicted molar refractivity (Wildman–Crippen MR) is 130 cm³/mol. The third-order valence-electron chi connectivity index (χ3n) is 6.31. The maximum absolute atomic E-state index is 13.6. The van der Waals surface area contributed by atoms with Crippen LogP contribution in [0.1, 0.15) is 96.3 Å². The van der Waals surface area contributed by atoms with Gasteiger partial charge in [-0.05, 0) is 48.3 Å². The van der Waals surface area contributed by atoms with Gasteiger partial charge in [-0.1, -0.05) is 60.3 Å². The van der Waals surface area contributed by atoms with Gasteiger partial charge in [0.05, 0.1) is 6.26 Å². The van der Waals surface area contributed by atoms with Crippen LogP contribution in [0.5, 0.6) is 0 Å². The standard InChI is InChI=1S/C26H40O7S/c1-10-29-23(21-13-22-25(31-21)33-26(8,9)32-22)14-30-34(27,28)24-19(16(4)5)11-18(15(2)3)12-20(24)17(6)7/h10-12,15-17,21-23,25H,1,13-14H2,2-9H3/t21-,22+,23+,25+/m0/s1. The highest BCUT2D eigenvalue weighted by Gasteiger charge is 2.50. The largest absolute Gasteiger partial charge is 0.493 e. The summed E-state index contributed by atoms with van der Waals surface area (Å²) in [6.07, 6.45) is -0.0920. The second kappa shape index (κ2) is 10.3. The van der Waals surface area contributed by atoms with Gasteiger partial charge in [0, 0.05) is 6.42 Å². The van der Waals surface area contributed by atoms with Gasteiger partial charge in [0.1, 0.15) is 29.8 Å². The average molecular weight is 497 g/mol. The molecule has 2 saturated heterocycles. The quantitative estimate of drug-likeness (QED) is 0.310. The van der Waals surface area contributed by atoms with Crippen molar-refractivity contribution >= 4 is 10.1 Å². The third-order valence-corrected chi connectivity index (χ3v) is 7.73. The molecule has 34 heavy (non-hydrogen) atoms. The molecule has 0 amide bonds. The number of hydrogen-bond donors (Lipinski definition) is 0. The van der Waals surface area contributed by atoms with E-state index < -0.39 is 34.4 Å².